The van der Waals surface area contributed by atoms with Crippen molar-refractivity contribution >= 4 is 17.5 Å². The lowest BCUT2D eigenvalue weighted by atomic mass is 9.53. The van der Waals surface area contributed by atoms with E-state index in [1.165, 1.54) is 44.1 Å². The Labute approximate surface area is 167 Å². The molecular weight excluding hydrogens is 356 g/mol. The summed E-state index contributed by atoms with van der Waals surface area (Å²) in [6.45, 7) is 2.95. The topological polar surface area (TPSA) is 32.3 Å². The molecule has 0 atom stereocenters. The maximum Gasteiger partial charge on any atom is 0.223 e. The van der Waals surface area contributed by atoms with Crippen molar-refractivity contribution in [1.82, 2.24) is 10.2 Å². The van der Waals surface area contributed by atoms with E-state index < -0.39 is 0 Å². The molecule has 5 aliphatic rings. The van der Waals surface area contributed by atoms with Gasteiger partial charge in [0.15, 0.2) is 0 Å². The molecule has 4 heteroatoms. The van der Waals surface area contributed by atoms with Crippen LogP contribution in [0.5, 0.6) is 0 Å². The molecule has 1 aliphatic heterocycles. The molecule has 0 spiro atoms. The van der Waals surface area contributed by atoms with Gasteiger partial charge in [-0.2, -0.15) is 0 Å². The summed E-state index contributed by atoms with van der Waals surface area (Å²) in [5, 5.41) is 4.39. The van der Waals surface area contributed by atoms with Gasteiger partial charge in [0.25, 0.3) is 0 Å². The van der Waals surface area contributed by atoms with E-state index in [-0.39, 0.29) is 11.5 Å². The Morgan fingerprint density at radius 2 is 1.70 bits per heavy atom. The minimum absolute atomic E-state index is 0.157. The number of piperidine rings is 1. The van der Waals surface area contributed by atoms with Gasteiger partial charge in [-0.25, -0.2) is 0 Å². The number of carbonyl (C=O) groups is 1. The monoisotopic (exact) mass is 386 g/mol. The fourth-order valence-electron chi connectivity index (χ4n) is 6.87. The Balaban J connectivity index is 1.15. The van der Waals surface area contributed by atoms with Gasteiger partial charge in [0.2, 0.25) is 5.91 Å². The maximum atomic E-state index is 13.0. The fraction of sp³-hybridized carbons (Fsp3) is 0.696. The second-order valence-corrected chi connectivity index (χ2v) is 10.3. The van der Waals surface area contributed by atoms with Gasteiger partial charge in [-0.1, -0.05) is 23.7 Å². The van der Waals surface area contributed by atoms with Gasteiger partial charge in [0, 0.05) is 23.0 Å². The number of nitrogens with one attached hydrogen (secondary N) is 1. The van der Waals surface area contributed by atoms with Crippen LogP contribution in [-0.2, 0) is 11.3 Å². The lowest BCUT2D eigenvalue weighted by Gasteiger charge is -2.57. The predicted molar refractivity (Wildman–Crippen MR) is 108 cm³/mol. The molecule has 1 N–H and O–H groups in total. The van der Waals surface area contributed by atoms with Crippen molar-refractivity contribution in [2.45, 2.75) is 63.5 Å². The van der Waals surface area contributed by atoms with Gasteiger partial charge in [-0.05, 0) is 99.9 Å². The van der Waals surface area contributed by atoms with Gasteiger partial charge in [-0.3, -0.25) is 9.69 Å². The molecule has 4 aliphatic carbocycles. The number of rotatable bonds is 4. The fourth-order valence-corrected chi connectivity index (χ4v) is 7.09. The highest BCUT2D eigenvalue weighted by atomic mass is 35.5. The van der Waals surface area contributed by atoms with Crippen molar-refractivity contribution in [1.29, 1.82) is 0 Å². The molecule has 0 aromatic heterocycles. The van der Waals surface area contributed by atoms with Gasteiger partial charge in [0.1, 0.15) is 0 Å². The SMILES string of the molecule is O=C(NC12CC3CC(CC(C3)C1)C2)C1CCN(Cc2cccc(Cl)c2)CC1. The highest BCUT2D eigenvalue weighted by molar-refractivity contribution is 6.30. The van der Waals surface area contributed by atoms with E-state index in [1.54, 1.807) is 0 Å². The van der Waals surface area contributed by atoms with Crippen LogP contribution in [0.15, 0.2) is 24.3 Å². The standard InChI is InChI=1S/C23H31ClN2O/c24-21-3-1-2-16(11-21)15-26-6-4-20(5-7-26)22(27)25-23-12-17-8-18(13-23)10-19(9-17)14-23/h1-3,11,17-20H,4-10,12-15H2,(H,25,27). The first-order valence-electron chi connectivity index (χ1n) is 10.9. The molecule has 1 aromatic carbocycles. The zero-order chi connectivity index (χ0) is 18.4. The van der Waals surface area contributed by atoms with Crippen LogP contribution >= 0.6 is 11.6 Å². The number of hydrogen-bond donors (Lipinski definition) is 1. The molecular formula is C23H31ClN2O. The number of nitrogens with zero attached hydrogens (tertiary/aromatic N) is 1. The van der Waals surface area contributed by atoms with Crippen LogP contribution in [0.1, 0.15) is 56.9 Å². The average Bonchev–Trinajstić information content (AvgIpc) is 2.61. The summed E-state index contributed by atoms with van der Waals surface area (Å²) in [5.74, 6) is 3.20. The number of benzene rings is 1. The minimum Gasteiger partial charge on any atom is -0.350 e. The smallest absolute Gasteiger partial charge is 0.223 e. The Bertz CT molecular complexity index is 675. The van der Waals surface area contributed by atoms with Crippen LogP contribution in [0.4, 0.5) is 0 Å². The molecule has 0 unspecified atom stereocenters. The van der Waals surface area contributed by atoms with Crippen LogP contribution in [0, 0.1) is 23.7 Å². The molecule has 4 bridgehead atoms. The van der Waals surface area contributed by atoms with Crippen LogP contribution < -0.4 is 5.32 Å². The zero-order valence-corrected chi connectivity index (χ0v) is 16.9. The summed E-state index contributed by atoms with van der Waals surface area (Å²) in [7, 11) is 0. The molecule has 1 amide bonds. The summed E-state index contributed by atoms with van der Waals surface area (Å²) in [6, 6.07) is 8.13. The van der Waals surface area contributed by atoms with Gasteiger partial charge < -0.3 is 5.32 Å². The zero-order valence-electron chi connectivity index (χ0n) is 16.1. The molecule has 4 saturated carbocycles. The summed E-state index contributed by atoms with van der Waals surface area (Å²) in [6.07, 6.45) is 10.00. The van der Waals surface area contributed by atoms with Crippen molar-refractivity contribution in [2.24, 2.45) is 23.7 Å². The van der Waals surface area contributed by atoms with Crippen LogP contribution in [0.2, 0.25) is 5.02 Å². The molecule has 6 rings (SSSR count). The van der Waals surface area contributed by atoms with Crippen molar-refractivity contribution in [3.8, 4) is 0 Å². The van der Waals surface area contributed by atoms with E-state index in [4.69, 9.17) is 11.6 Å². The number of likely N-dealkylation sites (tertiary alicyclic amines) is 1. The van der Waals surface area contributed by atoms with Crippen molar-refractivity contribution in [3.05, 3.63) is 34.9 Å². The Morgan fingerprint density at radius 3 is 2.30 bits per heavy atom. The summed E-state index contributed by atoms with van der Waals surface area (Å²) < 4.78 is 0. The molecule has 146 valence electrons. The number of amides is 1. The summed E-state index contributed by atoms with van der Waals surface area (Å²) in [5.41, 5.74) is 1.42. The third-order valence-corrected chi connectivity index (χ3v) is 7.92. The second-order valence-electron chi connectivity index (χ2n) is 9.87. The molecule has 5 fully saturated rings. The number of carbonyl (C=O) groups excluding carboxylic acids is 1. The van der Waals surface area contributed by atoms with Gasteiger partial charge >= 0.3 is 0 Å². The summed E-state index contributed by atoms with van der Waals surface area (Å²) >= 11 is 6.10. The molecule has 1 aromatic rings. The van der Waals surface area contributed by atoms with E-state index in [2.05, 4.69) is 16.3 Å². The number of hydrogen-bond acceptors (Lipinski definition) is 2. The third-order valence-electron chi connectivity index (χ3n) is 7.68. The minimum atomic E-state index is 0.157. The maximum absolute atomic E-state index is 13.0. The van der Waals surface area contributed by atoms with E-state index >= 15 is 0 Å². The highest BCUT2D eigenvalue weighted by Gasteiger charge is 2.51. The van der Waals surface area contributed by atoms with Crippen molar-refractivity contribution in [2.75, 3.05) is 13.1 Å². The molecule has 3 nitrogen and oxygen atoms in total. The third kappa shape index (κ3) is 3.78. The first-order valence-corrected chi connectivity index (χ1v) is 11.2. The Hall–Kier alpha value is -1.06. The first kappa shape index (κ1) is 18.0. The highest BCUT2D eigenvalue weighted by Crippen LogP contribution is 2.55. The normalized spacial score (nSPS) is 36.1. The molecule has 0 radical (unpaired) electrons. The Morgan fingerprint density at radius 1 is 1.07 bits per heavy atom. The second kappa shape index (κ2) is 7.08. The van der Waals surface area contributed by atoms with Crippen LogP contribution in [0.3, 0.4) is 0 Å². The van der Waals surface area contributed by atoms with Crippen LogP contribution in [0.25, 0.3) is 0 Å². The van der Waals surface area contributed by atoms with Crippen molar-refractivity contribution in [3.63, 3.8) is 0 Å². The quantitative estimate of drug-likeness (QED) is 0.817. The van der Waals surface area contributed by atoms with E-state index in [1.807, 2.05) is 18.2 Å². The summed E-state index contributed by atoms with van der Waals surface area (Å²) in [4.78, 5) is 15.5. The average molecular weight is 387 g/mol. The van der Waals surface area contributed by atoms with Crippen molar-refractivity contribution < 1.29 is 4.79 Å². The molecule has 1 heterocycles. The largest absolute Gasteiger partial charge is 0.350 e. The van der Waals surface area contributed by atoms with Gasteiger partial charge in [0.05, 0.1) is 0 Å². The predicted octanol–water partition coefficient (Wildman–Crippen LogP) is 4.64. The van der Waals surface area contributed by atoms with E-state index in [0.29, 0.717) is 5.91 Å². The number of halogens is 1. The molecule has 27 heavy (non-hydrogen) atoms. The lowest BCUT2D eigenvalue weighted by Crippen LogP contribution is -2.61. The Kier molecular flexibility index (Phi) is 4.72. The van der Waals surface area contributed by atoms with Crippen LogP contribution in [-0.4, -0.2) is 29.4 Å². The molecule has 1 saturated heterocycles. The van der Waals surface area contributed by atoms with E-state index in [9.17, 15) is 4.79 Å². The first-order chi connectivity index (χ1) is 13.1. The lowest BCUT2D eigenvalue weighted by molar-refractivity contribution is -0.132. The van der Waals surface area contributed by atoms with E-state index in [0.717, 1.165) is 55.3 Å². The van der Waals surface area contributed by atoms with Gasteiger partial charge in [-0.15, -0.1) is 0 Å².